The van der Waals surface area contributed by atoms with Crippen LogP contribution in [-0.4, -0.2) is 18.6 Å². The first-order valence-electron chi connectivity index (χ1n) is 7.51. The summed E-state index contributed by atoms with van der Waals surface area (Å²) in [5.74, 6) is 0. The van der Waals surface area contributed by atoms with E-state index in [9.17, 15) is 0 Å². The number of aromatic nitrogens is 1. The fourth-order valence-electron chi connectivity index (χ4n) is 2.60. The third kappa shape index (κ3) is 3.18. The second-order valence-electron chi connectivity index (χ2n) is 5.10. The van der Waals surface area contributed by atoms with Crippen LogP contribution in [0.4, 0.5) is 0 Å². The largest absolute Gasteiger partial charge is 0.371 e. The van der Waals surface area contributed by atoms with Gasteiger partial charge in [0.1, 0.15) is 10.6 Å². The van der Waals surface area contributed by atoms with Gasteiger partial charge in [0.15, 0.2) is 0 Å². The van der Waals surface area contributed by atoms with E-state index >= 15 is 0 Å². The van der Waals surface area contributed by atoms with Gasteiger partial charge < -0.3 is 10.5 Å². The average molecular weight is 304 g/mol. The third-order valence-corrected chi connectivity index (χ3v) is 5.34. The topological polar surface area (TPSA) is 48.1 Å². The molecule has 1 aromatic carbocycles. The van der Waals surface area contributed by atoms with Gasteiger partial charge >= 0.3 is 0 Å². The van der Waals surface area contributed by atoms with Crippen LogP contribution >= 0.6 is 11.3 Å². The second-order valence-corrected chi connectivity index (χ2v) is 6.18. The maximum absolute atomic E-state index is 5.82. The summed E-state index contributed by atoms with van der Waals surface area (Å²) in [4.78, 5) is 6.17. The van der Waals surface area contributed by atoms with Gasteiger partial charge in [-0.2, -0.15) is 0 Å². The van der Waals surface area contributed by atoms with Gasteiger partial charge in [0, 0.05) is 17.6 Å². The number of hydrogen-bond acceptors (Lipinski definition) is 4. The monoisotopic (exact) mass is 304 g/mol. The lowest BCUT2D eigenvalue weighted by Crippen LogP contribution is -2.26. The average Bonchev–Trinajstić information content (AvgIpc) is 2.95. The molecule has 0 aliphatic carbocycles. The molecule has 3 nitrogen and oxygen atoms in total. The fourth-order valence-corrected chi connectivity index (χ4v) is 4.01. The molecule has 0 radical (unpaired) electrons. The molecule has 2 N–H and O–H groups in total. The molecule has 0 aliphatic rings. The third-order valence-electron chi connectivity index (χ3n) is 4.04. The number of benzene rings is 1. The van der Waals surface area contributed by atoms with Crippen molar-refractivity contribution in [2.45, 2.75) is 38.7 Å². The zero-order valence-electron chi connectivity index (χ0n) is 13.1. The molecular weight excluding hydrogens is 280 g/mol. The molecule has 0 bridgehead atoms. The predicted molar refractivity (Wildman–Crippen MR) is 89.6 cm³/mol. The summed E-state index contributed by atoms with van der Waals surface area (Å²) in [7, 11) is 1.78. The predicted octanol–water partition coefficient (Wildman–Crippen LogP) is 3.97. The second kappa shape index (κ2) is 7.16. The van der Waals surface area contributed by atoms with Crippen molar-refractivity contribution in [1.29, 1.82) is 0 Å². The van der Waals surface area contributed by atoms with Gasteiger partial charge in [0.05, 0.1) is 5.69 Å². The lowest BCUT2D eigenvalue weighted by Gasteiger charge is -2.27. The molecule has 0 fully saturated rings. The van der Waals surface area contributed by atoms with Crippen LogP contribution in [0, 0.1) is 0 Å². The zero-order valence-corrected chi connectivity index (χ0v) is 13.9. The van der Waals surface area contributed by atoms with Crippen LogP contribution in [-0.2, 0) is 16.8 Å². The number of nitrogens with zero attached hydrogens (tertiary/aromatic N) is 1. The van der Waals surface area contributed by atoms with Crippen molar-refractivity contribution in [2.75, 3.05) is 13.7 Å². The van der Waals surface area contributed by atoms with Gasteiger partial charge in [-0.25, -0.2) is 4.98 Å². The van der Waals surface area contributed by atoms with Crippen LogP contribution in [0.25, 0.3) is 11.3 Å². The molecule has 2 aromatic rings. The van der Waals surface area contributed by atoms with E-state index in [0.717, 1.165) is 35.5 Å². The molecule has 4 heteroatoms. The van der Waals surface area contributed by atoms with Crippen molar-refractivity contribution in [1.82, 2.24) is 4.98 Å². The lowest BCUT2D eigenvalue weighted by atomic mass is 9.98. The van der Waals surface area contributed by atoms with E-state index in [2.05, 4.69) is 26.0 Å². The van der Waals surface area contributed by atoms with Crippen molar-refractivity contribution < 1.29 is 4.74 Å². The van der Waals surface area contributed by atoms with Gasteiger partial charge in [-0.1, -0.05) is 44.2 Å². The summed E-state index contributed by atoms with van der Waals surface area (Å²) in [6, 6.07) is 10.3. The molecule has 114 valence electrons. The number of ether oxygens (including phenoxy) is 1. The van der Waals surface area contributed by atoms with Crippen molar-refractivity contribution in [3.8, 4) is 11.3 Å². The smallest absolute Gasteiger partial charge is 0.126 e. The van der Waals surface area contributed by atoms with Crippen LogP contribution in [0.15, 0.2) is 30.3 Å². The molecule has 0 aliphatic heterocycles. The minimum Gasteiger partial charge on any atom is -0.371 e. The van der Waals surface area contributed by atoms with E-state index in [0.29, 0.717) is 6.54 Å². The summed E-state index contributed by atoms with van der Waals surface area (Å²) < 4.78 is 5.82. The molecule has 0 saturated heterocycles. The van der Waals surface area contributed by atoms with Crippen LogP contribution < -0.4 is 5.73 Å². The van der Waals surface area contributed by atoms with E-state index in [-0.39, 0.29) is 5.60 Å². The first-order chi connectivity index (χ1) is 10.2. The van der Waals surface area contributed by atoms with E-state index in [1.54, 1.807) is 18.4 Å². The summed E-state index contributed by atoms with van der Waals surface area (Å²) in [6.45, 7) is 4.94. The van der Waals surface area contributed by atoms with Crippen molar-refractivity contribution in [3.05, 3.63) is 40.2 Å². The minimum atomic E-state index is -0.277. The number of thiazole rings is 1. The molecule has 2 rings (SSSR count). The first-order valence-corrected chi connectivity index (χ1v) is 8.33. The normalized spacial score (nSPS) is 11.8. The van der Waals surface area contributed by atoms with Crippen molar-refractivity contribution >= 4 is 11.3 Å². The minimum absolute atomic E-state index is 0.277. The van der Waals surface area contributed by atoms with Crippen LogP contribution in [0.3, 0.4) is 0 Å². The summed E-state index contributed by atoms with van der Waals surface area (Å²) in [5, 5.41) is 1.07. The van der Waals surface area contributed by atoms with E-state index in [1.807, 2.05) is 18.2 Å². The lowest BCUT2D eigenvalue weighted by molar-refractivity contribution is -0.0218. The van der Waals surface area contributed by atoms with E-state index < -0.39 is 0 Å². The Kier molecular flexibility index (Phi) is 5.51. The molecule has 0 spiro atoms. The van der Waals surface area contributed by atoms with Crippen molar-refractivity contribution in [3.63, 3.8) is 0 Å². The maximum atomic E-state index is 5.82. The quantitative estimate of drug-likeness (QED) is 0.842. The van der Waals surface area contributed by atoms with Gasteiger partial charge in [-0.3, -0.25) is 0 Å². The first kappa shape index (κ1) is 16.1. The molecule has 0 amide bonds. The molecular formula is C17H24N2OS. The number of nitrogens with two attached hydrogens (primary N) is 1. The highest BCUT2D eigenvalue weighted by atomic mass is 32.1. The molecule has 21 heavy (non-hydrogen) atoms. The number of rotatable bonds is 7. The Labute approximate surface area is 131 Å². The Morgan fingerprint density at radius 2 is 1.86 bits per heavy atom. The van der Waals surface area contributed by atoms with Gasteiger partial charge in [0.2, 0.25) is 0 Å². The Balaban J connectivity index is 2.51. The van der Waals surface area contributed by atoms with Gasteiger partial charge in [-0.15, -0.1) is 11.3 Å². The maximum Gasteiger partial charge on any atom is 0.126 e. The highest BCUT2D eigenvalue weighted by Crippen LogP contribution is 2.39. The van der Waals surface area contributed by atoms with Gasteiger partial charge in [0.25, 0.3) is 0 Å². The van der Waals surface area contributed by atoms with Crippen molar-refractivity contribution in [2.24, 2.45) is 5.73 Å². The molecule has 0 unspecified atom stereocenters. The Bertz CT molecular complexity index is 553. The standard InChI is InChI=1S/C17H24N2OS/c1-4-17(5-2,20-3)16-19-15(14(21-16)11-12-18)13-9-7-6-8-10-13/h6-10H,4-5,11-12,18H2,1-3H3. The van der Waals surface area contributed by atoms with Crippen LogP contribution in [0.1, 0.15) is 36.6 Å². The molecule has 0 atom stereocenters. The molecule has 1 heterocycles. The van der Waals surface area contributed by atoms with E-state index in [1.165, 1.54) is 4.88 Å². The SMILES string of the molecule is CCC(CC)(OC)c1nc(-c2ccccc2)c(CCN)s1. The summed E-state index contributed by atoms with van der Waals surface area (Å²) in [5.41, 5.74) is 7.71. The highest BCUT2D eigenvalue weighted by Gasteiger charge is 2.32. The van der Waals surface area contributed by atoms with Gasteiger partial charge in [-0.05, 0) is 25.8 Å². The Hall–Kier alpha value is -1.23. The van der Waals surface area contributed by atoms with E-state index in [4.69, 9.17) is 15.5 Å². The van der Waals surface area contributed by atoms with Crippen LogP contribution in [0.5, 0.6) is 0 Å². The number of hydrogen-bond donors (Lipinski definition) is 1. The molecule has 0 saturated carbocycles. The molecule has 1 aromatic heterocycles. The number of methoxy groups -OCH3 is 1. The summed E-state index contributed by atoms with van der Waals surface area (Å²) >= 11 is 1.74. The Morgan fingerprint density at radius 3 is 2.38 bits per heavy atom. The fraction of sp³-hybridized carbons (Fsp3) is 0.471. The summed E-state index contributed by atoms with van der Waals surface area (Å²) in [6.07, 6.45) is 2.70. The zero-order chi connectivity index (χ0) is 15.3. The highest BCUT2D eigenvalue weighted by molar-refractivity contribution is 7.12. The Morgan fingerprint density at radius 1 is 1.19 bits per heavy atom. The van der Waals surface area contributed by atoms with Crippen LogP contribution in [0.2, 0.25) is 0 Å².